The predicted molar refractivity (Wildman–Crippen MR) is 64.0 cm³/mol. The summed E-state index contributed by atoms with van der Waals surface area (Å²) in [5.41, 5.74) is 0. The molecule has 102 valence electrons. The molecule has 1 heterocycles. The van der Waals surface area contributed by atoms with Gasteiger partial charge in [0.15, 0.2) is 0 Å². The fourth-order valence-electron chi connectivity index (χ4n) is 2.85. The molecule has 2 rings (SSSR count). The maximum Gasteiger partial charge on any atom is 0.323 e. The SMILES string of the molecule is O=C(O)CN(C(=O)C1CC(O)CN1)C1CCCC1. The highest BCUT2D eigenvalue weighted by Crippen LogP contribution is 2.24. The molecular formula is C12H20N2O4. The van der Waals surface area contributed by atoms with Gasteiger partial charge < -0.3 is 20.4 Å². The zero-order valence-electron chi connectivity index (χ0n) is 10.3. The minimum Gasteiger partial charge on any atom is -0.480 e. The van der Waals surface area contributed by atoms with Crippen LogP contribution < -0.4 is 5.32 Å². The Bertz CT molecular complexity index is 328. The molecule has 1 amide bonds. The van der Waals surface area contributed by atoms with E-state index in [0.29, 0.717) is 13.0 Å². The molecule has 0 radical (unpaired) electrons. The second-order valence-electron chi connectivity index (χ2n) is 5.15. The third-order valence-electron chi connectivity index (χ3n) is 3.76. The summed E-state index contributed by atoms with van der Waals surface area (Å²) in [6.45, 7) is 0.166. The summed E-state index contributed by atoms with van der Waals surface area (Å²) >= 11 is 0. The molecule has 0 aromatic heterocycles. The van der Waals surface area contributed by atoms with Crippen molar-refractivity contribution in [1.82, 2.24) is 10.2 Å². The van der Waals surface area contributed by atoms with Crippen LogP contribution in [0, 0.1) is 0 Å². The molecule has 0 bridgehead atoms. The molecule has 1 aliphatic heterocycles. The number of nitrogens with one attached hydrogen (secondary N) is 1. The molecule has 0 aromatic carbocycles. The molecule has 2 unspecified atom stereocenters. The molecule has 6 nitrogen and oxygen atoms in total. The van der Waals surface area contributed by atoms with Crippen LogP contribution in [0.25, 0.3) is 0 Å². The van der Waals surface area contributed by atoms with Crippen LogP contribution >= 0.6 is 0 Å². The van der Waals surface area contributed by atoms with Gasteiger partial charge in [0, 0.05) is 12.6 Å². The number of aliphatic hydroxyl groups is 1. The van der Waals surface area contributed by atoms with Gasteiger partial charge in [-0.05, 0) is 19.3 Å². The summed E-state index contributed by atoms with van der Waals surface area (Å²) in [7, 11) is 0. The Labute approximate surface area is 106 Å². The zero-order valence-corrected chi connectivity index (χ0v) is 10.3. The first-order valence-electron chi connectivity index (χ1n) is 6.51. The highest BCUT2D eigenvalue weighted by molar-refractivity contribution is 5.86. The maximum atomic E-state index is 12.3. The topological polar surface area (TPSA) is 89.9 Å². The summed E-state index contributed by atoms with van der Waals surface area (Å²) < 4.78 is 0. The van der Waals surface area contributed by atoms with Crippen LogP contribution in [0.3, 0.4) is 0 Å². The molecule has 1 saturated heterocycles. The van der Waals surface area contributed by atoms with Gasteiger partial charge in [0.05, 0.1) is 12.1 Å². The Kier molecular flexibility index (Phi) is 4.19. The number of β-amino-alcohol motifs (C(OH)–C–C–N with tert-alkyl or cyclic N) is 1. The third kappa shape index (κ3) is 3.00. The van der Waals surface area contributed by atoms with Gasteiger partial charge in [0.25, 0.3) is 0 Å². The van der Waals surface area contributed by atoms with E-state index in [1.165, 1.54) is 4.90 Å². The first-order chi connectivity index (χ1) is 8.58. The van der Waals surface area contributed by atoms with Crippen molar-refractivity contribution in [3.8, 4) is 0 Å². The average molecular weight is 256 g/mol. The highest BCUT2D eigenvalue weighted by Gasteiger charge is 2.36. The Morgan fingerprint density at radius 1 is 1.28 bits per heavy atom. The highest BCUT2D eigenvalue weighted by atomic mass is 16.4. The van der Waals surface area contributed by atoms with Gasteiger partial charge in [-0.25, -0.2) is 0 Å². The number of aliphatic carboxylic acids is 1. The molecule has 1 aliphatic carbocycles. The molecule has 2 atom stereocenters. The van der Waals surface area contributed by atoms with Gasteiger partial charge in [-0.2, -0.15) is 0 Å². The van der Waals surface area contributed by atoms with Crippen molar-refractivity contribution in [2.75, 3.05) is 13.1 Å². The largest absolute Gasteiger partial charge is 0.480 e. The molecule has 0 aromatic rings. The maximum absolute atomic E-state index is 12.3. The van der Waals surface area contributed by atoms with Crippen LogP contribution in [0.15, 0.2) is 0 Å². The number of hydrogen-bond acceptors (Lipinski definition) is 4. The Balaban J connectivity index is 2.02. The lowest BCUT2D eigenvalue weighted by molar-refractivity contribution is -0.147. The average Bonchev–Trinajstić information content (AvgIpc) is 2.95. The minimum atomic E-state index is -0.978. The predicted octanol–water partition coefficient (Wildman–Crippen LogP) is -0.435. The van der Waals surface area contributed by atoms with E-state index in [1.807, 2.05) is 0 Å². The van der Waals surface area contributed by atoms with Gasteiger partial charge in [-0.1, -0.05) is 12.8 Å². The summed E-state index contributed by atoms with van der Waals surface area (Å²) in [6, 6.07) is -0.381. The molecule has 2 fully saturated rings. The normalized spacial score (nSPS) is 28.5. The number of carbonyl (C=O) groups is 2. The van der Waals surface area contributed by atoms with E-state index >= 15 is 0 Å². The van der Waals surface area contributed by atoms with E-state index in [1.54, 1.807) is 0 Å². The Morgan fingerprint density at radius 2 is 1.94 bits per heavy atom. The quantitative estimate of drug-likeness (QED) is 0.635. The fourth-order valence-corrected chi connectivity index (χ4v) is 2.85. The lowest BCUT2D eigenvalue weighted by Gasteiger charge is -2.29. The van der Waals surface area contributed by atoms with Crippen molar-refractivity contribution in [3.63, 3.8) is 0 Å². The second-order valence-corrected chi connectivity index (χ2v) is 5.15. The first-order valence-corrected chi connectivity index (χ1v) is 6.51. The van der Waals surface area contributed by atoms with Crippen LogP contribution in [0.5, 0.6) is 0 Å². The van der Waals surface area contributed by atoms with Crippen molar-refractivity contribution in [3.05, 3.63) is 0 Å². The van der Waals surface area contributed by atoms with Gasteiger partial charge >= 0.3 is 5.97 Å². The number of rotatable bonds is 4. The van der Waals surface area contributed by atoms with Crippen molar-refractivity contribution in [1.29, 1.82) is 0 Å². The lowest BCUT2D eigenvalue weighted by Crippen LogP contribution is -2.49. The van der Waals surface area contributed by atoms with Crippen molar-refractivity contribution in [2.24, 2.45) is 0 Å². The van der Waals surface area contributed by atoms with Crippen LogP contribution in [0.2, 0.25) is 0 Å². The molecule has 18 heavy (non-hydrogen) atoms. The van der Waals surface area contributed by atoms with E-state index in [9.17, 15) is 14.7 Å². The van der Waals surface area contributed by atoms with Crippen LogP contribution in [0.1, 0.15) is 32.1 Å². The molecule has 3 N–H and O–H groups in total. The fraction of sp³-hybridized carbons (Fsp3) is 0.833. The molecular weight excluding hydrogens is 236 g/mol. The van der Waals surface area contributed by atoms with Crippen LogP contribution in [-0.4, -0.2) is 58.3 Å². The van der Waals surface area contributed by atoms with Crippen molar-refractivity contribution >= 4 is 11.9 Å². The number of hydrogen-bond donors (Lipinski definition) is 3. The Hall–Kier alpha value is -1.14. The number of carboxylic acids is 1. The van der Waals surface area contributed by atoms with Crippen molar-refractivity contribution < 1.29 is 19.8 Å². The molecule has 6 heteroatoms. The van der Waals surface area contributed by atoms with E-state index in [4.69, 9.17) is 5.11 Å². The number of carboxylic acid groups (broad SMARTS) is 1. The van der Waals surface area contributed by atoms with Crippen molar-refractivity contribution in [2.45, 2.75) is 50.3 Å². The van der Waals surface area contributed by atoms with Gasteiger partial charge in [-0.3, -0.25) is 9.59 Å². The van der Waals surface area contributed by atoms with E-state index in [0.717, 1.165) is 25.7 Å². The third-order valence-corrected chi connectivity index (χ3v) is 3.76. The van der Waals surface area contributed by atoms with Gasteiger partial charge in [0.2, 0.25) is 5.91 Å². The van der Waals surface area contributed by atoms with E-state index < -0.39 is 18.1 Å². The number of amides is 1. The summed E-state index contributed by atoms with van der Waals surface area (Å²) in [6.07, 6.45) is 3.74. The monoisotopic (exact) mass is 256 g/mol. The van der Waals surface area contributed by atoms with E-state index in [-0.39, 0.29) is 18.5 Å². The summed E-state index contributed by atoms with van der Waals surface area (Å²) in [4.78, 5) is 24.7. The molecule has 2 aliphatic rings. The van der Waals surface area contributed by atoms with Gasteiger partial charge in [0.1, 0.15) is 6.54 Å². The lowest BCUT2D eigenvalue weighted by atomic mass is 10.1. The van der Waals surface area contributed by atoms with Crippen LogP contribution in [0.4, 0.5) is 0 Å². The summed E-state index contributed by atoms with van der Waals surface area (Å²) in [5.74, 6) is -1.16. The minimum absolute atomic E-state index is 0.0492. The zero-order chi connectivity index (χ0) is 13.1. The van der Waals surface area contributed by atoms with Gasteiger partial charge in [-0.15, -0.1) is 0 Å². The van der Waals surface area contributed by atoms with E-state index in [2.05, 4.69) is 5.32 Å². The Morgan fingerprint density at radius 3 is 2.44 bits per heavy atom. The number of carbonyl (C=O) groups excluding carboxylic acids is 1. The second kappa shape index (κ2) is 5.67. The number of aliphatic hydroxyl groups excluding tert-OH is 1. The van der Waals surface area contributed by atoms with Crippen LogP contribution in [-0.2, 0) is 9.59 Å². The standard InChI is InChI=1S/C12H20N2O4/c15-9-5-10(13-6-9)12(18)14(7-11(16)17)8-3-1-2-4-8/h8-10,13,15H,1-7H2,(H,16,17). The summed E-state index contributed by atoms with van der Waals surface area (Å²) in [5, 5.41) is 21.3. The number of nitrogens with zero attached hydrogens (tertiary/aromatic N) is 1. The first kappa shape index (κ1) is 13.3. The molecule has 1 saturated carbocycles. The smallest absolute Gasteiger partial charge is 0.323 e. The molecule has 0 spiro atoms.